The summed E-state index contributed by atoms with van der Waals surface area (Å²) in [5, 5.41) is 4.69. The Morgan fingerprint density at radius 3 is 2.41 bits per heavy atom. The Bertz CT molecular complexity index is 1380. The molecule has 3 aromatic heterocycles. The van der Waals surface area contributed by atoms with Crippen molar-refractivity contribution in [2.75, 3.05) is 38.1 Å². The van der Waals surface area contributed by atoms with E-state index in [4.69, 9.17) is 15.1 Å². The molecule has 4 aromatic rings. The Kier molecular flexibility index (Phi) is 4.91. The van der Waals surface area contributed by atoms with E-state index in [0.717, 1.165) is 73.0 Å². The first kappa shape index (κ1) is 21.2. The van der Waals surface area contributed by atoms with Gasteiger partial charge in [0, 0.05) is 45.0 Å². The van der Waals surface area contributed by atoms with Crippen molar-refractivity contribution in [2.45, 2.75) is 32.1 Å². The zero-order valence-electron chi connectivity index (χ0n) is 20.6. The molecule has 0 spiro atoms. The Balaban J connectivity index is 1.42. The number of hydrogen-bond acceptors (Lipinski definition) is 6. The number of benzene rings is 1. The molecule has 0 N–H and O–H groups in total. The lowest BCUT2D eigenvalue weighted by Crippen LogP contribution is -2.51. The highest BCUT2D eigenvalue weighted by Crippen LogP contribution is 2.54. The second kappa shape index (κ2) is 7.87. The summed E-state index contributed by atoms with van der Waals surface area (Å²) in [4.78, 5) is 19.5. The SMILES string of the molecule is Cc1nc(C)n(-c2cc(C3CC3c3nc4ccccc4n3C)nc(N3CCN(C)CC3)[n+]2C)n1. The summed E-state index contributed by atoms with van der Waals surface area (Å²) in [5.41, 5.74) is 3.36. The van der Waals surface area contributed by atoms with Crippen molar-refractivity contribution in [3.8, 4) is 5.82 Å². The number of para-hydroxylation sites is 2. The van der Waals surface area contributed by atoms with Crippen LogP contribution in [0.5, 0.6) is 0 Å². The number of piperazine rings is 1. The van der Waals surface area contributed by atoms with Crippen LogP contribution < -0.4 is 9.47 Å². The minimum absolute atomic E-state index is 0.353. The molecule has 4 heterocycles. The number of imidazole rings is 1. The molecule has 1 saturated heterocycles. The fraction of sp³-hybridized carbons (Fsp3) is 0.480. The quantitative estimate of drug-likeness (QED) is 0.436. The first-order valence-corrected chi connectivity index (χ1v) is 12.1. The molecule has 1 aliphatic heterocycles. The van der Waals surface area contributed by atoms with Gasteiger partial charge >= 0.3 is 5.95 Å². The van der Waals surface area contributed by atoms with E-state index in [-0.39, 0.29) is 0 Å². The van der Waals surface area contributed by atoms with Crippen LogP contribution in [0.3, 0.4) is 0 Å². The first-order chi connectivity index (χ1) is 16.4. The average molecular weight is 459 g/mol. The predicted octanol–water partition coefficient (Wildman–Crippen LogP) is 2.01. The third-order valence-corrected chi connectivity index (χ3v) is 7.35. The maximum absolute atomic E-state index is 5.24. The van der Waals surface area contributed by atoms with Crippen LogP contribution in [0.4, 0.5) is 5.95 Å². The van der Waals surface area contributed by atoms with Crippen LogP contribution in [0.15, 0.2) is 30.3 Å². The minimum Gasteiger partial charge on any atom is -0.331 e. The number of fused-ring (bicyclic) bond motifs is 1. The molecule has 2 aliphatic rings. The van der Waals surface area contributed by atoms with Gasteiger partial charge in [0.1, 0.15) is 11.5 Å². The topological polar surface area (TPSA) is 71.8 Å². The second-order valence-corrected chi connectivity index (χ2v) is 9.77. The van der Waals surface area contributed by atoms with Crippen molar-refractivity contribution in [3.63, 3.8) is 0 Å². The molecule has 2 fully saturated rings. The average Bonchev–Trinajstić information content (AvgIpc) is 3.45. The van der Waals surface area contributed by atoms with E-state index in [9.17, 15) is 0 Å². The largest absolute Gasteiger partial charge is 0.349 e. The van der Waals surface area contributed by atoms with Gasteiger partial charge in [-0.2, -0.15) is 0 Å². The van der Waals surface area contributed by atoms with E-state index in [1.54, 1.807) is 0 Å². The van der Waals surface area contributed by atoms with Crippen molar-refractivity contribution < 1.29 is 4.57 Å². The minimum atomic E-state index is 0.353. The third-order valence-electron chi connectivity index (χ3n) is 7.35. The fourth-order valence-electron chi connectivity index (χ4n) is 5.28. The van der Waals surface area contributed by atoms with Gasteiger partial charge in [-0.1, -0.05) is 12.1 Å². The van der Waals surface area contributed by atoms with E-state index in [1.807, 2.05) is 18.5 Å². The van der Waals surface area contributed by atoms with Gasteiger partial charge in [0.05, 0.1) is 31.2 Å². The molecule has 1 aliphatic carbocycles. The molecule has 2 atom stereocenters. The summed E-state index contributed by atoms with van der Waals surface area (Å²) in [6, 6.07) is 10.6. The molecular weight excluding hydrogens is 426 g/mol. The summed E-state index contributed by atoms with van der Waals surface area (Å²) >= 11 is 0. The van der Waals surface area contributed by atoms with Gasteiger partial charge in [0.25, 0.3) is 0 Å². The fourth-order valence-corrected chi connectivity index (χ4v) is 5.28. The van der Waals surface area contributed by atoms with Crippen LogP contribution >= 0.6 is 0 Å². The van der Waals surface area contributed by atoms with E-state index in [0.29, 0.717) is 11.8 Å². The summed E-state index contributed by atoms with van der Waals surface area (Å²) in [6.07, 6.45) is 1.06. The molecule has 2 unspecified atom stereocenters. The number of aryl methyl sites for hydroxylation is 3. The summed E-state index contributed by atoms with van der Waals surface area (Å²) in [7, 11) is 6.40. The standard InChI is InChI=1S/C25H32N9/c1-16-26-17(2)34(29-16)23-15-21(28-25(32(23)5)33-12-10-30(3)11-13-33)18-14-19(18)24-27-20-8-6-7-9-22(20)31(24)4/h6-9,15,18-19H,10-14H2,1-5H3/q+1. The summed E-state index contributed by atoms with van der Waals surface area (Å²) < 4.78 is 6.37. The Morgan fingerprint density at radius 2 is 1.71 bits per heavy atom. The maximum Gasteiger partial charge on any atom is 0.349 e. The number of rotatable bonds is 4. The first-order valence-electron chi connectivity index (χ1n) is 12.1. The van der Waals surface area contributed by atoms with Gasteiger partial charge in [0.15, 0.2) is 11.6 Å². The van der Waals surface area contributed by atoms with Gasteiger partial charge in [-0.05, 0) is 32.5 Å². The number of nitrogens with zero attached hydrogens (tertiary/aromatic N) is 9. The lowest BCUT2D eigenvalue weighted by molar-refractivity contribution is -0.656. The number of likely N-dealkylation sites (N-methyl/N-ethyl adjacent to an activating group) is 1. The lowest BCUT2D eigenvalue weighted by atomic mass is 10.2. The van der Waals surface area contributed by atoms with Gasteiger partial charge in [0.2, 0.25) is 5.82 Å². The monoisotopic (exact) mass is 458 g/mol. The molecular formula is C25H32N9+. The Hall–Kier alpha value is -3.33. The lowest BCUT2D eigenvalue weighted by Gasteiger charge is -2.30. The van der Waals surface area contributed by atoms with Crippen LogP contribution in [-0.2, 0) is 14.1 Å². The predicted molar refractivity (Wildman–Crippen MR) is 130 cm³/mol. The van der Waals surface area contributed by atoms with E-state index in [2.05, 4.69) is 75.4 Å². The van der Waals surface area contributed by atoms with Crippen LogP contribution in [0.1, 0.15) is 41.4 Å². The molecule has 1 aromatic carbocycles. The van der Waals surface area contributed by atoms with E-state index < -0.39 is 0 Å². The van der Waals surface area contributed by atoms with Crippen molar-refractivity contribution in [1.29, 1.82) is 0 Å². The molecule has 0 bridgehead atoms. The molecule has 6 rings (SSSR count). The molecule has 34 heavy (non-hydrogen) atoms. The number of aromatic nitrogens is 7. The van der Waals surface area contributed by atoms with Crippen molar-refractivity contribution in [3.05, 3.63) is 53.5 Å². The molecule has 9 nitrogen and oxygen atoms in total. The van der Waals surface area contributed by atoms with Crippen molar-refractivity contribution in [1.82, 2.24) is 34.2 Å². The smallest absolute Gasteiger partial charge is 0.331 e. The van der Waals surface area contributed by atoms with E-state index in [1.165, 1.54) is 5.52 Å². The molecule has 1 saturated carbocycles. The van der Waals surface area contributed by atoms with Crippen LogP contribution in [0.2, 0.25) is 0 Å². The third kappa shape index (κ3) is 3.46. The number of anilines is 1. The second-order valence-electron chi connectivity index (χ2n) is 9.77. The molecule has 9 heteroatoms. The highest BCUT2D eigenvalue weighted by molar-refractivity contribution is 5.76. The highest BCUT2D eigenvalue weighted by Gasteiger charge is 2.46. The Labute approximate surface area is 199 Å². The van der Waals surface area contributed by atoms with Crippen LogP contribution in [0, 0.1) is 13.8 Å². The van der Waals surface area contributed by atoms with Crippen molar-refractivity contribution >= 4 is 17.0 Å². The normalized spacial score (nSPS) is 20.9. The Morgan fingerprint density at radius 1 is 0.941 bits per heavy atom. The van der Waals surface area contributed by atoms with Crippen LogP contribution in [0.25, 0.3) is 16.9 Å². The van der Waals surface area contributed by atoms with Gasteiger partial charge < -0.3 is 9.47 Å². The zero-order valence-corrected chi connectivity index (χ0v) is 20.6. The van der Waals surface area contributed by atoms with Gasteiger partial charge in [-0.25, -0.2) is 14.5 Å². The maximum atomic E-state index is 5.24. The molecule has 0 radical (unpaired) electrons. The van der Waals surface area contributed by atoms with Crippen molar-refractivity contribution in [2.24, 2.45) is 14.1 Å². The zero-order chi connectivity index (χ0) is 23.6. The summed E-state index contributed by atoms with van der Waals surface area (Å²) in [5.74, 6) is 5.56. The highest BCUT2D eigenvalue weighted by atomic mass is 15.4. The van der Waals surface area contributed by atoms with Crippen LogP contribution in [-0.4, -0.2) is 67.4 Å². The van der Waals surface area contributed by atoms with Gasteiger partial charge in [-0.15, -0.1) is 14.8 Å². The van der Waals surface area contributed by atoms with E-state index >= 15 is 0 Å². The number of hydrogen-bond donors (Lipinski definition) is 0. The van der Waals surface area contributed by atoms with Gasteiger partial charge in [-0.3, -0.25) is 4.90 Å². The summed E-state index contributed by atoms with van der Waals surface area (Å²) in [6.45, 7) is 7.96. The molecule has 176 valence electrons. The molecule has 0 amide bonds.